The van der Waals surface area contributed by atoms with Gasteiger partial charge in [-0.25, -0.2) is 0 Å². The van der Waals surface area contributed by atoms with E-state index in [-0.39, 0.29) is 12.4 Å². The summed E-state index contributed by atoms with van der Waals surface area (Å²) in [5, 5.41) is 18.9. The Bertz CT molecular complexity index is 464. The van der Waals surface area contributed by atoms with Gasteiger partial charge in [-0.2, -0.15) is 0 Å². The number of halogens is 1. The fourth-order valence-electron chi connectivity index (χ4n) is 1.52. The van der Waals surface area contributed by atoms with Crippen LogP contribution in [-0.2, 0) is 6.61 Å². The Morgan fingerprint density at radius 2 is 2.19 bits per heavy atom. The van der Waals surface area contributed by atoms with Crippen molar-refractivity contribution >= 4 is 17.7 Å². The fourth-order valence-corrected chi connectivity index (χ4v) is 1.65. The Morgan fingerprint density at radius 1 is 1.38 bits per heavy atom. The third-order valence-corrected chi connectivity index (χ3v) is 2.71. The average Bonchev–Trinajstić information content (AvgIpc) is 2.52. The molecule has 1 aliphatic rings. The van der Waals surface area contributed by atoms with Crippen molar-refractivity contribution in [2.24, 2.45) is 0 Å². The number of aliphatic hydroxyl groups excluding tert-OH is 1. The smallest absolute Gasteiger partial charge is 0.132 e. The summed E-state index contributed by atoms with van der Waals surface area (Å²) in [6.07, 6.45) is 3.50. The van der Waals surface area contributed by atoms with Gasteiger partial charge >= 0.3 is 0 Å². The number of phenols is 1. The van der Waals surface area contributed by atoms with Gasteiger partial charge in [0.15, 0.2) is 0 Å². The minimum absolute atomic E-state index is 0.0482. The maximum Gasteiger partial charge on any atom is 0.132 e. The van der Waals surface area contributed by atoms with Gasteiger partial charge in [-0.3, -0.25) is 0 Å². The zero-order valence-electron chi connectivity index (χ0n) is 8.48. The van der Waals surface area contributed by atoms with Gasteiger partial charge in [0.05, 0.1) is 12.2 Å². The lowest BCUT2D eigenvalue weighted by Crippen LogP contribution is -1.98. The fraction of sp³-hybridized carbons (Fsp3) is 0.167. The van der Waals surface area contributed by atoms with Crippen molar-refractivity contribution < 1.29 is 14.9 Å². The van der Waals surface area contributed by atoms with E-state index in [0.717, 1.165) is 5.57 Å². The van der Waals surface area contributed by atoms with E-state index in [1.54, 1.807) is 24.3 Å². The molecule has 2 rings (SSSR count). The Kier molecular flexibility index (Phi) is 3.17. The first-order valence-corrected chi connectivity index (χ1v) is 5.25. The Morgan fingerprint density at radius 3 is 2.88 bits per heavy atom. The quantitative estimate of drug-likeness (QED) is 0.790. The predicted octanol–water partition coefficient (Wildman–Crippen LogP) is 2.41. The predicted molar refractivity (Wildman–Crippen MR) is 62.5 cm³/mol. The van der Waals surface area contributed by atoms with Gasteiger partial charge < -0.3 is 14.9 Å². The highest BCUT2D eigenvalue weighted by molar-refractivity contribution is 6.25. The summed E-state index contributed by atoms with van der Waals surface area (Å²) in [6, 6.07) is 3.36. The van der Waals surface area contributed by atoms with Crippen LogP contribution in [0.3, 0.4) is 0 Å². The van der Waals surface area contributed by atoms with Crippen LogP contribution in [0.4, 0.5) is 0 Å². The topological polar surface area (TPSA) is 49.7 Å². The lowest BCUT2D eigenvalue weighted by atomic mass is 10.1. The van der Waals surface area contributed by atoms with E-state index in [9.17, 15) is 5.11 Å². The summed E-state index contributed by atoms with van der Waals surface area (Å²) >= 11 is 5.60. The van der Waals surface area contributed by atoms with Crippen LogP contribution in [-0.4, -0.2) is 16.8 Å². The van der Waals surface area contributed by atoms with Crippen molar-refractivity contribution in [1.82, 2.24) is 0 Å². The molecule has 84 valence electrons. The highest BCUT2D eigenvalue weighted by Gasteiger charge is 2.13. The minimum atomic E-state index is -0.203. The molecule has 0 amide bonds. The summed E-state index contributed by atoms with van der Waals surface area (Å²) in [7, 11) is 0. The number of benzene rings is 1. The van der Waals surface area contributed by atoms with Gasteiger partial charge in [0.2, 0.25) is 0 Å². The van der Waals surface area contributed by atoms with Gasteiger partial charge in [-0.05, 0) is 18.2 Å². The zero-order valence-corrected chi connectivity index (χ0v) is 9.24. The first kappa shape index (κ1) is 11.0. The van der Waals surface area contributed by atoms with Gasteiger partial charge in [-0.15, -0.1) is 0 Å². The first-order chi connectivity index (χ1) is 7.76. The van der Waals surface area contributed by atoms with E-state index in [2.05, 4.69) is 0 Å². The molecule has 0 spiro atoms. The highest BCUT2D eigenvalue weighted by Crippen LogP contribution is 2.34. The van der Waals surface area contributed by atoms with Crippen LogP contribution in [0.2, 0.25) is 0 Å². The average molecular weight is 239 g/mol. The minimum Gasteiger partial charge on any atom is -0.507 e. The number of ether oxygens (including phenoxy) is 1. The lowest BCUT2D eigenvalue weighted by Gasteiger charge is -2.10. The maximum absolute atomic E-state index is 9.87. The molecule has 0 bridgehead atoms. The van der Waals surface area contributed by atoms with Crippen LogP contribution in [0.25, 0.3) is 6.08 Å². The molecule has 0 atom stereocenters. The molecule has 0 saturated heterocycles. The molecule has 0 aromatic heterocycles. The van der Waals surface area contributed by atoms with Crippen LogP contribution in [0.15, 0.2) is 29.3 Å². The van der Waals surface area contributed by atoms with E-state index in [4.69, 9.17) is 21.4 Å². The molecule has 0 aliphatic carbocycles. The Hall–Kier alpha value is -1.45. The molecule has 0 saturated carbocycles. The summed E-state index contributed by atoms with van der Waals surface area (Å²) in [4.78, 5) is 0. The molecule has 1 aromatic rings. The molecule has 16 heavy (non-hydrogen) atoms. The third kappa shape index (κ3) is 1.92. The second-order valence-electron chi connectivity index (χ2n) is 3.45. The standard InChI is InChI=1S/C12H11ClO3/c13-5-8-1-3-10-11(16-7-8)4-2-9(6-14)12(10)15/h1-5,14-15H,6-7H2. The van der Waals surface area contributed by atoms with Gasteiger partial charge in [0.25, 0.3) is 0 Å². The number of aromatic hydroxyl groups is 1. The van der Waals surface area contributed by atoms with Crippen LogP contribution in [0.5, 0.6) is 11.5 Å². The summed E-state index contributed by atoms with van der Waals surface area (Å²) < 4.78 is 5.48. The summed E-state index contributed by atoms with van der Waals surface area (Å²) in [5.74, 6) is 0.631. The molecule has 0 unspecified atom stereocenters. The van der Waals surface area contributed by atoms with Crippen molar-refractivity contribution in [2.45, 2.75) is 6.61 Å². The summed E-state index contributed by atoms with van der Waals surface area (Å²) in [5.41, 5.74) is 3.31. The van der Waals surface area contributed by atoms with E-state index in [0.29, 0.717) is 23.5 Å². The highest BCUT2D eigenvalue weighted by atomic mass is 35.5. The Labute approximate surface area is 98.2 Å². The largest absolute Gasteiger partial charge is 0.507 e. The normalized spacial score (nSPS) is 16.8. The monoisotopic (exact) mass is 238 g/mol. The lowest BCUT2D eigenvalue weighted by molar-refractivity contribution is 0.274. The van der Waals surface area contributed by atoms with Crippen molar-refractivity contribution in [1.29, 1.82) is 0 Å². The molecule has 1 aromatic carbocycles. The van der Waals surface area contributed by atoms with Gasteiger partial charge in [0.1, 0.15) is 18.1 Å². The Balaban J connectivity index is 2.50. The van der Waals surface area contributed by atoms with Crippen molar-refractivity contribution in [3.63, 3.8) is 0 Å². The molecule has 4 heteroatoms. The van der Waals surface area contributed by atoms with Gasteiger partial charge in [0, 0.05) is 16.7 Å². The van der Waals surface area contributed by atoms with E-state index < -0.39 is 0 Å². The van der Waals surface area contributed by atoms with Crippen LogP contribution < -0.4 is 4.74 Å². The maximum atomic E-state index is 9.87. The molecule has 3 nitrogen and oxygen atoms in total. The molecule has 0 radical (unpaired) electrons. The molecule has 1 heterocycles. The van der Waals surface area contributed by atoms with Crippen molar-refractivity contribution in [3.05, 3.63) is 40.4 Å². The van der Waals surface area contributed by atoms with E-state index in [1.165, 1.54) is 5.54 Å². The van der Waals surface area contributed by atoms with Crippen molar-refractivity contribution in [3.8, 4) is 11.5 Å². The zero-order chi connectivity index (χ0) is 11.5. The first-order valence-electron chi connectivity index (χ1n) is 4.82. The van der Waals surface area contributed by atoms with Crippen LogP contribution in [0.1, 0.15) is 11.1 Å². The van der Waals surface area contributed by atoms with Crippen LogP contribution >= 0.6 is 11.6 Å². The number of fused-ring (bicyclic) bond motifs is 1. The SMILES string of the molecule is OCc1ccc2c(c1O)C=CC(=CCl)CO2. The van der Waals surface area contributed by atoms with Crippen LogP contribution in [0, 0.1) is 0 Å². The van der Waals surface area contributed by atoms with Gasteiger partial charge in [-0.1, -0.05) is 17.7 Å². The number of hydrogen-bond donors (Lipinski definition) is 2. The molecule has 1 aliphatic heterocycles. The van der Waals surface area contributed by atoms with E-state index in [1.807, 2.05) is 0 Å². The third-order valence-electron chi connectivity index (χ3n) is 2.43. The second-order valence-corrected chi connectivity index (χ2v) is 3.67. The number of aliphatic hydroxyl groups is 1. The molecular formula is C12H11ClO3. The molecule has 2 N–H and O–H groups in total. The molecule has 0 fully saturated rings. The number of hydrogen-bond acceptors (Lipinski definition) is 3. The molecular weight excluding hydrogens is 228 g/mol. The summed E-state index contributed by atoms with van der Waals surface area (Å²) in [6.45, 7) is 0.163. The second kappa shape index (κ2) is 4.60. The van der Waals surface area contributed by atoms with E-state index >= 15 is 0 Å². The number of rotatable bonds is 1. The van der Waals surface area contributed by atoms with Crippen molar-refractivity contribution in [2.75, 3.05) is 6.61 Å².